The number of unbranched alkanes of at least 4 members (excludes halogenated alkanes) is 21. The van der Waals surface area contributed by atoms with Crippen LogP contribution in [0, 0.1) is 0 Å². The van der Waals surface area contributed by atoms with E-state index in [0.29, 0.717) is 6.42 Å². The number of allylic oxidation sites excluding steroid dienone is 4. The van der Waals surface area contributed by atoms with E-state index < -0.39 is 0 Å². The number of carbonyl (C=O) groups is 1. The second-order valence-corrected chi connectivity index (χ2v) is 14.3. The van der Waals surface area contributed by atoms with Crippen LogP contribution in [0.4, 0.5) is 0 Å². The molecule has 0 fully saturated rings. The van der Waals surface area contributed by atoms with Crippen molar-refractivity contribution in [2.75, 3.05) is 13.1 Å². The van der Waals surface area contributed by atoms with E-state index in [9.17, 15) is 4.79 Å². The SMILES string of the molecule is CCCCCCCC/C=C\CCCCCCCC(=O)NC(C)C(CC)(CCCCCC/C=C\CCCCCCCC)[N+]1=CNCC1. The zero-order chi connectivity index (χ0) is 33.4. The maximum absolute atomic E-state index is 13.0. The first-order valence-corrected chi connectivity index (χ1v) is 20.5. The summed E-state index contributed by atoms with van der Waals surface area (Å²) in [6.07, 6.45) is 47.3. The molecule has 1 rings (SSSR count). The van der Waals surface area contributed by atoms with Crippen molar-refractivity contribution in [3.63, 3.8) is 0 Å². The number of amides is 1. The van der Waals surface area contributed by atoms with Crippen molar-refractivity contribution in [2.24, 2.45) is 0 Å². The maximum Gasteiger partial charge on any atom is 0.232 e. The summed E-state index contributed by atoms with van der Waals surface area (Å²) >= 11 is 0. The van der Waals surface area contributed by atoms with Gasteiger partial charge in [-0.1, -0.05) is 141 Å². The lowest BCUT2D eigenvalue weighted by atomic mass is 9.81. The lowest BCUT2D eigenvalue weighted by Gasteiger charge is -2.38. The maximum atomic E-state index is 13.0. The summed E-state index contributed by atoms with van der Waals surface area (Å²) in [6.45, 7) is 11.2. The van der Waals surface area contributed by atoms with Gasteiger partial charge in [0.15, 0.2) is 0 Å². The van der Waals surface area contributed by atoms with Crippen molar-refractivity contribution in [3.05, 3.63) is 24.3 Å². The van der Waals surface area contributed by atoms with Gasteiger partial charge in [0.25, 0.3) is 0 Å². The van der Waals surface area contributed by atoms with Crippen LogP contribution >= 0.6 is 0 Å². The van der Waals surface area contributed by atoms with Crippen LogP contribution < -0.4 is 10.6 Å². The molecule has 4 nitrogen and oxygen atoms in total. The standard InChI is InChI=1S/C42H79N3O/c1-5-8-10-12-14-16-18-20-22-23-25-27-29-31-33-35-41(46)44-40(4)42(7-3,45-38-37-43-39-45)36-34-32-30-28-26-24-21-19-17-15-13-11-9-6-2/h20-22,24,39-40H,5-19,23,25-38H2,1-4H3,(H,44,46)/p+1/b22-20-,24-21-. The zero-order valence-corrected chi connectivity index (χ0v) is 31.5. The topological polar surface area (TPSA) is 44.1 Å². The molecule has 2 unspecified atom stereocenters. The molecule has 0 bridgehead atoms. The Balaban J connectivity index is 2.23. The van der Waals surface area contributed by atoms with Gasteiger partial charge in [-0.2, -0.15) is 0 Å². The molecule has 2 atom stereocenters. The Kier molecular flexibility index (Phi) is 28.4. The Hall–Kier alpha value is -1.58. The van der Waals surface area contributed by atoms with Gasteiger partial charge in [0.05, 0.1) is 6.04 Å². The molecule has 0 radical (unpaired) electrons. The molecule has 0 spiro atoms. The highest BCUT2D eigenvalue weighted by molar-refractivity contribution is 5.76. The van der Waals surface area contributed by atoms with Gasteiger partial charge in [0.2, 0.25) is 12.2 Å². The third kappa shape index (κ3) is 21.3. The Morgan fingerprint density at radius 2 is 1.11 bits per heavy atom. The molecule has 0 saturated carbocycles. The molecule has 0 aromatic carbocycles. The molecule has 1 amide bonds. The average Bonchev–Trinajstić information content (AvgIpc) is 3.60. The van der Waals surface area contributed by atoms with Crippen LogP contribution in [0.15, 0.2) is 24.3 Å². The first-order chi connectivity index (χ1) is 22.6. The summed E-state index contributed by atoms with van der Waals surface area (Å²) in [4.78, 5) is 13.0. The largest absolute Gasteiger partial charge is 0.349 e. The quantitative estimate of drug-likeness (QED) is 0.0425. The van der Waals surface area contributed by atoms with E-state index in [1.165, 1.54) is 154 Å². The number of hydrogen-bond acceptors (Lipinski definition) is 2. The molecule has 0 aromatic heterocycles. The molecule has 1 aliphatic rings. The third-order valence-electron chi connectivity index (χ3n) is 10.4. The van der Waals surface area contributed by atoms with Crippen LogP contribution in [-0.2, 0) is 4.79 Å². The summed E-state index contributed by atoms with van der Waals surface area (Å²) in [5.41, 5.74) is -0.00123. The lowest BCUT2D eigenvalue weighted by Crippen LogP contribution is -2.57. The van der Waals surface area contributed by atoms with Gasteiger partial charge >= 0.3 is 0 Å². The Labute approximate surface area is 288 Å². The molecular formula is C42H80N3O+. The molecular weight excluding hydrogens is 562 g/mol. The summed E-state index contributed by atoms with van der Waals surface area (Å²) in [5, 5.41) is 6.88. The second-order valence-electron chi connectivity index (χ2n) is 14.3. The fourth-order valence-electron chi connectivity index (χ4n) is 7.20. The molecule has 0 aliphatic carbocycles. The van der Waals surface area contributed by atoms with E-state index in [-0.39, 0.29) is 17.5 Å². The Morgan fingerprint density at radius 1 is 0.674 bits per heavy atom. The average molecular weight is 643 g/mol. The highest BCUT2D eigenvalue weighted by atomic mass is 16.1. The highest BCUT2D eigenvalue weighted by Crippen LogP contribution is 2.29. The first kappa shape index (κ1) is 42.4. The van der Waals surface area contributed by atoms with Crippen LogP contribution in [0.2, 0.25) is 0 Å². The molecule has 46 heavy (non-hydrogen) atoms. The van der Waals surface area contributed by atoms with Gasteiger partial charge in [-0.3, -0.25) is 14.7 Å². The number of nitrogens with zero attached hydrogens (tertiary/aromatic N) is 1. The van der Waals surface area contributed by atoms with Gasteiger partial charge in [-0.05, 0) is 84.0 Å². The highest BCUT2D eigenvalue weighted by Gasteiger charge is 2.42. The lowest BCUT2D eigenvalue weighted by molar-refractivity contribution is -0.603. The van der Waals surface area contributed by atoms with Crippen LogP contribution in [-0.4, -0.2) is 41.5 Å². The summed E-state index contributed by atoms with van der Waals surface area (Å²) in [5.74, 6) is 0.239. The van der Waals surface area contributed by atoms with E-state index in [2.05, 4.69) is 73.5 Å². The van der Waals surface area contributed by atoms with E-state index in [1.54, 1.807) is 0 Å². The predicted molar refractivity (Wildman–Crippen MR) is 204 cm³/mol. The smallest absolute Gasteiger partial charge is 0.232 e. The van der Waals surface area contributed by atoms with Gasteiger partial charge in [-0.15, -0.1) is 0 Å². The van der Waals surface area contributed by atoms with Gasteiger partial charge < -0.3 is 5.32 Å². The fourth-order valence-corrected chi connectivity index (χ4v) is 7.20. The monoisotopic (exact) mass is 643 g/mol. The number of nitrogens with one attached hydrogen (secondary N) is 2. The number of carbonyl (C=O) groups excluding carboxylic acids is 1. The second kappa shape index (κ2) is 30.7. The summed E-state index contributed by atoms with van der Waals surface area (Å²) < 4.78 is 2.50. The minimum atomic E-state index is -0.00123. The molecule has 1 heterocycles. The van der Waals surface area contributed by atoms with Crippen LogP contribution in [0.5, 0.6) is 0 Å². The van der Waals surface area contributed by atoms with Crippen LogP contribution in [0.3, 0.4) is 0 Å². The van der Waals surface area contributed by atoms with Crippen LogP contribution in [0.25, 0.3) is 0 Å². The van der Waals surface area contributed by atoms with E-state index >= 15 is 0 Å². The van der Waals surface area contributed by atoms with E-state index in [4.69, 9.17) is 0 Å². The number of rotatable bonds is 33. The molecule has 4 heteroatoms. The third-order valence-corrected chi connectivity index (χ3v) is 10.4. The molecule has 1 aliphatic heterocycles. The number of hydrogen-bond donors (Lipinski definition) is 2. The van der Waals surface area contributed by atoms with Crippen molar-refractivity contribution in [2.45, 2.75) is 219 Å². The summed E-state index contributed by atoms with van der Waals surface area (Å²) in [6, 6.07) is 0.147. The van der Waals surface area contributed by atoms with E-state index in [1.807, 2.05) is 0 Å². The van der Waals surface area contributed by atoms with Gasteiger partial charge in [-0.25, -0.2) is 0 Å². The molecule has 0 saturated heterocycles. The fraction of sp³-hybridized carbons (Fsp3) is 0.857. The van der Waals surface area contributed by atoms with Crippen molar-refractivity contribution in [3.8, 4) is 0 Å². The van der Waals surface area contributed by atoms with Crippen molar-refractivity contribution >= 4 is 12.2 Å². The minimum absolute atomic E-state index is 0.00123. The molecule has 268 valence electrons. The van der Waals surface area contributed by atoms with Crippen molar-refractivity contribution in [1.82, 2.24) is 10.6 Å². The molecule has 2 N–H and O–H groups in total. The van der Waals surface area contributed by atoms with E-state index in [0.717, 1.165) is 32.4 Å². The zero-order valence-electron chi connectivity index (χ0n) is 31.5. The van der Waals surface area contributed by atoms with Crippen LogP contribution in [0.1, 0.15) is 207 Å². The minimum Gasteiger partial charge on any atom is -0.349 e. The van der Waals surface area contributed by atoms with Crippen molar-refractivity contribution in [1.29, 1.82) is 0 Å². The normalized spacial score (nSPS) is 15.3. The van der Waals surface area contributed by atoms with Gasteiger partial charge in [0.1, 0.15) is 18.6 Å². The Bertz CT molecular complexity index is 788. The predicted octanol–water partition coefficient (Wildman–Crippen LogP) is 12.0. The first-order valence-electron chi connectivity index (χ1n) is 20.5. The Morgan fingerprint density at radius 3 is 1.54 bits per heavy atom. The summed E-state index contributed by atoms with van der Waals surface area (Å²) in [7, 11) is 0. The molecule has 0 aromatic rings. The van der Waals surface area contributed by atoms with Gasteiger partial charge in [0, 0.05) is 6.42 Å². The van der Waals surface area contributed by atoms with Crippen molar-refractivity contribution < 1.29 is 9.37 Å².